The number of amides is 1. The van der Waals surface area contributed by atoms with Gasteiger partial charge in [-0.1, -0.05) is 42.0 Å². The minimum atomic E-state index is -0.611. The third kappa shape index (κ3) is 4.81. The number of aromatic nitrogens is 1. The van der Waals surface area contributed by atoms with E-state index in [1.165, 1.54) is 11.1 Å². The van der Waals surface area contributed by atoms with Gasteiger partial charge in [-0.05, 0) is 37.3 Å². The SMILES string of the molecule is C/C=C\C1=C(C)CN(C[C@@H](O)CNC(=O)c2nccc3ccccc23)CC1. The van der Waals surface area contributed by atoms with Crippen LogP contribution in [0.5, 0.6) is 0 Å². The normalized spacial score (nSPS) is 16.9. The Morgan fingerprint density at radius 1 is 1.37 bits per heavy atom. The molecule has 0 radical (unpaired) electrons. The van der Waals surface area contributed by atoms with Crippen LogP contribution in [0.25, 0.3) is 10.8 Å². The summed E-state index contributed by atoms with van der Waals surface area (Å²) >= 11 is 0. The molecule has 142 valence electrons. The lowest BCUT2D eigenvalue weighted by atomic mass is 10.0. The van der Waals surface area contributed by atoms with Gasteiger partial charge in [-0.15, -0.1) is 0 Å². The Hall–Kier alpha value is -2.50. The highest BCUT2D eigenvalue weighted by Crippen LogP contribution is 2.19. The Kier molecular flexibility index (Phi) is 6.37. The van der Waals surface area contributed by atoms with E-state index in [0.29, 0.717) is 12.2 Å². The number of pyridine rings is 1. The van der Waals surface area contributed by atoms with Gasteiger partial charge in [0.2, 0.25) is 0 Å². The van der Waals surface area contributed by atoms with Gasteiger partial charge >= 0.3 is 0 Å². The number of benzene rings is 1. The van der Waals surface area contributed by atoms with E-state index in [-0.39, 0.29) is 12.5 Å². The van der Waals surface area contributed by atoms with Gasteiger partial charge in [-0.2, -0.15) is 0 Å². The molecule has 2 heterocycles. The molecule has 0 bridgehead atoms. The summed E-state index contributed by atoms with van der Waals surface area (Å²) in [5.41, 5.74) is 3.13. The third-order valence-electron chi connectivity index (χ3n) is 4.93. The topological polar surface area (TPSA) is 65.5 Å². The Morgan fingerprint density at radius 2 is 2.19 bits per heavy atom. The molecule has 0 saturated carbocycles. The number of fused-ring (bicyclic) bond motifs is 1. The van der Waals surface area contributed by atoms with Crippen molar-refractivity contribution < 1.29 is 9.90 Å². The summed E-state index contributed by atoms with van der Waals surface area (Å²) in [7, 11) is 0. The van der Waals surface area contributed by atoms with Crippen molar-refractivity contribution in [1.29, 1.82) is 0 Å². The van der Waals surface area contributed by atoms with Crippen LogP contribution in [0.3, 0.4) is 0 Å². The highest BCUT2D eigenvalue weighted by atomic mass is 16.3. The molecule has 2 N–H and O–H groups in total. The van der Waals surface area contributed by atoms with Gasteiger partial charge in [0.25, 0.3) is 5.91 Å². The Balaban J connectivity index is 1.55. The van der Waals surface area contributed by atoms with Crippen LogP contribution in [0.15, 0.2) is 59.8 Å². The summed E-state index contributed by atoms with van der Waals surface area (Å²) < 4.78 is 0. The van der Waals surface area contributed by atoms with Gasteiger partial charge in [0, 0.05) is 37.8 Å². The van der Waals surface area contributed by atoms with Crippen molar-refractivity contribution in [1.82, 2.24) is 15.2 Å². The lowest BCUT2D eigenvalue weighted by Gasteiger charge is -2.30. The quantitative estimate of drug-likeness (QED) is 0.826. The van der Waals surface area contributed by atoms with Gasteiger partial charge in [-0.25, -0.2) is 0 Å². The van der Waals surface area contributed by atoms with Crippen molar-refractivity contribution in [3.8, 4) is 0 Å². The molecule has 5 heteroatoms. The summed E-state index contributed by atoms with van der Waals surface area (Å²) in [5.74, 6) is -0.254. The number of carbonyl (C=O) groups excluding carboxylic acids is 1. The lowest BCUT2D eigenvalue weighted by Crippen LogP contribution is -2.42. The molecule has 27 heavy (non-hydrogen) atoms. The number of β-amino-alcohol motifs (C(OH)–C–C–N with tert-alkyl or cyclic N) is 1. The van der Waals surface area contributed by atoms with Crippen LogP contribution in [0.2, 0.25) is 0 Å². The fourth-order valence-electron chi connectivity index (χ4n) is 3.55. The van der Waals surface area contributed by atoms with E-state index >= 15 is 0 Å². The lowest BCUT2D eigenvalue weighted by molar-refractivity contribution is 0.0861. The predicted molar refractivity (Wildman–Crippen MR) is 109 cm³/mol. The van der Waals surface area contributed by atoms with Crippen molar-refractivity contribution in [2.75, 3.05) is 26.2 Å². The van der Waals surface area contributed by atoms with Gasteiger partial charge in [0.05, 0.1) is 6.10 Å². The summed E-state index contributed by atoms with van der Waals surface area (Å²) in [4.78, 5) is 19.0. The van der Waals surface area contributed by atoms with Crippen LogP contribution in [0, 0.1) is 0 Å². The molecule has 3 rings (SSSR count). The standard InChI is InChI=1S/C22H27N3O2/c1-3-6-17-10-12-25(14-16(17)2)15-19(26)13-24-22(27)21-20-8-5-4-7-18(20)9-11-23-21/h3-9,11,19,26H,10,12-15H2,1-2H3,(H,24,27)/b6-3-/t19-/m0/s1. The van der Waals surface area contributed by atoms with Crippen LogP contribution in [0.4, 0.5) is 0 Å². The highest BCUT2D eigenvalue weighted by molar-refractivity contribution is 6.05. The fraction of sp³-hybridized carbons (Fsp3) is 0.364. The number of nitrogens with one attached hydrogen (secondary N) is 1. The van der Waals surface area contributed by atoms with Crippen molar-refractivity contribution in [3.63, 3.8) is 0 Å². The minimum absolute atomic E-state index is 0.213. The molecule has 1 aliphatic rings. The van der Waals surface area contributed by atoms with Crippen LogP contribution < -0.4 is 5.32 Å². The van der Waals surface area contributed by atoms with E-state index in [0.717, 1.165) is 30.3 Å². The number of allylic oxidation sites excluding steroid dienone is 2. The van der Waals surface area contributed by atoms with Crippen molar-refractivity contribution in [2.45, 2.75) is 26.4 Å². The molecule has 0 saturated heterocycles. The van der Waals surface area contributed by atoms with Crippen molar-refractivity contribution in [3.05, 3.63) is 65.5 Å². The Morgan fingerprint density at radius 3 is 2.96 bits per heavy atom. The van der Waals surface area contributed by atoms with Crippen molar-refractivity contribution >= 4 is 16.7 Å². The molecular weight excluding hydrogens is 338 g/mol. The predicted octanol–water partition coefficient (Wildman–Crippen LogP) is 2.92. The minimum Gasteiger partial charge on any atom is -0.390 e. The first-order valence-electron chi connectivity index (χ1n) is 9.42. The molecule has 1 aromatic carbocycles. The smallest absolute Gasteiger partial charge is 0.270 e. The van der Waals surface area contributed by atoms with Gasteiger partial charge in [0.1, 0.15) is 5.69 Å². The largest absolute Gasteiger partial charge is 0.390 e. The zero-order valence-electron chi connectivity index (χ0n) is 16.0. The molecule has 1 aromatic heterocycles. The highest BCUT2D eigenvalue weighted by Gasteiger charge is 2.19. The van der Waals surface area contributed by atoms with E-state index in [2.05, 4.69) is 34.3 Å². The van der Waals surface area contributed by atoms with E-state index < -0.39 is 6.10 Å². The number of aliphatic hydroxyl groups is 1. The first kappa shape index (κ1) is 19.3. The number of hydrogen-bond acceptors (Lipinski definition) is 4. The van der Waals surface area contributed by atoms with Gasteiger partial charge < -0.3 is 10.4 Å². The molecule has 1 aliphatic heterocycles. The average molecular weight is 365 g/mol. The number of hydrogen-bond donors (Lipinski definition) is 2. The van der Waals surface area contributed by atoms with Crippen LogP contribution in [-0.2, 0) is 0 Å². The van der Waals surface area contributed by atoms with E-state index in [4.69, 9.17) is 0 Å². The fourth-order valence-corrected chi connectivity index (χ4v) is 3.55. The zero-order valence-corrected chi connectivity index (χ0v) is 16.0. The summed E-state index contributed by atoms with van der Waals surface area (Å²) in [6.07, 6.45) is 6.26. The summed E-state index contributed by atoms with van der Waals surface area (Å²) in [6, 6.07) is 9.55. The maximum absolute atomic E-state index is 12.5. The van der Waals surface area contributed by atoms with Crippen LogP contribution >= 0.6 is 0 Å². The van der Waals surface area contributed by atoms with E-state index in [1.807, 2.05) is 37.3 Å². The third-order valence-corrected chi connectivity index (χ3v) is 4.93. The summed E-state index contributed by atoms with van der Waals surface area (Å²) in [6.45, 7) is 6.71. The first-order valence-corrected chi connectivity index (χ1v) is 9.42. The second-order valence-electron chi connectivity index (χ2n) is 7.04. The maximum Gasteiger partial charge on any atom is 0.270 e. The number of nitrogens with zero attached hydrogens (tertiary/aromatic N) is 2. The molecular formula is C22H27N3O2. The second-order valence-corrected chi connectivity index (χ2v) is 7.04. The monoisotopic (exact) mass is 365 g/mol. The van der Waals surface area contributed by atoms with Crippen LogP contribution in [-0.4, -0.2) is 53.2 Å². The second kappa shape index (κ2) is 8.93. The number of carbonyl (C=O) groups is 1. The molecule has 1 amide bonds. The zero-order chi connectivity index (χ0) is 19.2. The van der Waals surface area contributed by atoms with E-state index in [9.17, 15) is 9.90 Å². The van der Waals surface area contributed by atoms with Crippen LogP contribution in [0.1, 0.15) is 30.8 Å². The first-order chi connectivity index (χ1) is 13.1. The molecule has 5 nitrogen and oxygen atoms in total. The van der Waals surface area contributed by atoms with Crippen molar-refractivity contribution in [2.24, 2.45) is 0 Å². The molecule has 1 atom stereocenters. The Labute approximate surface area is 160 Å². The summed E-state index contributed by atoms with van der Waals surface area (Å²) in [5, 5.41) is 15.0. The Bertz CT molecular complexity index is 867. The van der Waals surface area contributed by atoms with Gasteiger partial charge in [0.15, 0.2) is 0 Å². The average Bonchev–Trinajstić information content (AvgIpc) is 2.68. The van der Waals surface area contributed by atoms with E-state index in [1.54, 1.807) is 6.20 Å². The number of rotatable bonds is 6. The molecule has 0 spiro atoms. The maximum atomic E-state index is 12.5. The molecule has 2 aromatic rings. The number of aliphatic hydroxyl groups excluding tert-OH is 1. The molecule has 0 unspecified atom stereocenters. The molecule has 0 aliphatic carbocycles. The van der Waals surface area contributed by atoms with Gasteiger partial charge in [-0.3, -0.25) is 14.7 Å². The molecule has 0 fully saturated rings.